The Labute approximate surface area is 91.0 Å². The maximum absolute atomic E-state index is 10.9. The molecule has 0 amide bonds. The molecule has 1 aliphatic rings. The van der Waals surface area contributed by atoms with Gasteiger partial charge >= 0.3 is 5.97 Å². The summed E-state index contributed by atoms with van der Waals surface area (Å²) < 4.78 is 5.54. The zero-order valence-electron chi connectivity index (χ0n) is 9.53. The Hall–Kier alpha value is -0.610. The molecule has 0 aromatic carbocycles. The molecule has 4 heteroatoms. The molecular weight excluding hydrogens is 194 g/mol. The van der Waals surface area contributed by atoms with E-state index < -0.39 is 12.0 Å². The van der Waals surface area contributed by atoms with Gasteiger partial charge in [-0.1, -0.05) is 13.8 Å². The van der Waals surface area contributed by atoms with Crippen LogP contribution in [0.25, 0.3) is 0 Å². The lowest BCUT2D eigenvalue weighted by atomic mass is 9.96. The number of ether oxygens (including phenoxy) is 1. The van der Waals surface area contributed by atoms with Crippen LogP contribution in [0.2, 0.25) is 0 Å². The van der Waals surface area contributed by atoms with Crippen LogP contribution in [0.15, 0.2) is 0 Å². The van der Waals surface area contributed by atoms with Crippen molar-refractivity contribution in [3.63, 3.8) is 0 Å². The molecule has 0 radical (unpaired) electrons. The van der Waals surface area contributed by atoms with Crippen LogP contribution in [0.4, 0.5) is 0 Å². The van der Waals surface area contributed by atoms with Crippen LogP contribution in [0.1, 0.15) is 39.5 Å². The van der Waals surface area contributed by atoms with Crippen molar-refractivity contribution >= 4 is 5.97 Å². The van der Waals surface area contributed by atoms with E-state index in [1.807, 2.05) is 13.8 Å². The molecule has 4 nitrogen and oxygen atoms in total. The zero-order valence-corrected chi connectivity index (χ0v) is 9.53. The van der Waals surface area contributed by atoms with E-state index in [0.29, 0.717) is 19.1 Å². The fourth-order valence-corrected chi connectivity index (χ4v) is 1.57. The van der Waals surface area contributed by atoms with Gasteiger partial charge in [-0.2, -0.15) is 0 Å². The second-order valence-electron chi connectivity index (χ2n) is 4.42. The molecule has 0 aromatic heterocycles. The van der Waals surface area contributed by atoms with E-state index in [0.717, 1.165) is 12.8 Å². The third-order valence-corrected chi connectivity index (χ3v) is 2.64. The number of hydrogen-bond acceptors (Lipinski definition) is 3. The van der Waals surface area contributed by atoms with Crippen molar-refractivity contribution < 1.29 is 14.6 Å². The fraction of sp³-hybridized carbons (Fsp3) is 0.909. The van der Waals surface area contributed by atoms with Crippen molar-refractivity contribution in [2.75, 3.05) is 6.61 Å². The molecule has 0 aliphatic heterocycles. The molecule has 1 fully saturated rings. The zero-order chi connectivity index (χ0) is 11.3. The average molecular weight is 215 g/mol. The molecule has 0 saturated heterocycles. The number of aliphatic carboxylic acids is 1. The summed E-state index contributed by atoms with van der Waals surface area (Å²) in [6.07, 6.45) is 4.45. The van der Waals surface area contributed by atoms with E-state index >= 15 is 0 Å². The second kappa shape index (κ2) is 6.08. The van der Waals surface area contributed by atoms with Crippen molar-refractivity contribution in [3.05, 3.63) is 0 Å². The molecule has 0 spiro atoms. The minimum Gasteiger partial charge on any atom is -0.480 e. The predicted molar refractivity (Wildman–Crippen MR) is 57.9 cm³/mol. The van der Waals surface area contributed by atoms with E-state index in [1.54, 1.807) is 0 Å². The topological polar surface area (TPSA) is 58.6 Å². The van der Waals surface area contributed by atoms with Crippen LogP contribution in [0.5, 0.6) is 0 Å². The summed E-state index contributed by atoms with van der Waals surface area (Å²) in [5, 5.41) is 11.9. The second-order valence-corrected chi connectivity index (χ2v) is 4.42. The van der Waals surface area contributed by atoms with Crippen LogP contribution in [-0.4, -0.2) is 35.9 Å². The molecule has 0 aromatic rings. The first-order valence-electron chi connectivity index (χ1n) is 5.70. The Kier molecular flexibility index (Phi) is 5.05. The van der Waals surface area contributed by atoms with E-state index in [9.17, 15) is 4.79 Å². The Bertz CT molecular complexity index is 202. The summed E-state index contributed by atoms with van der Waals surface area (Å²) >= 11 is 0. The lowest BCUT2D eigenvalue weighted by Gasteiger charge is -2.26. The van der Waals surface area contributed by atoms with Gasteiger partial charge in [0.25, 0.3) is 0 Å². The first-order valence-corrected chi connectivity index (χ1v) is 5.70. The largest absolute Gasteiger partial charge is 0.480 e. The molecule has 1 aliphatic carbocycles. The van der Waals surface area contributed by atoms with Crippen molar-refractivity contribution in [1.29, 1.82) is 0 Å². The van der Waals surface area contributed by atoms with Crippen LogP contribution >= 0.6 is 0 Å². The molecule has 1 saturated carbocycles. The fourth-order valence-electron chi connectivity index (χ4n) is 1.57. The quantitative estimate of drug-likeness (QED) is 0.674. The number of nitrogens with one attached hydrogen (secondary N) is 1. The Morgan fingerprint density at radius 1 is 1.53 bits per heavy atom. The van der Waals surface area contributed by atoms with Gasteiger partial charge in [0.1, 0.15) is 6.04 Å². The summed E-state index contributed by atoms with van der Waals surface area (Å²) in [6, 6.07) is -0.292. The van der Waals surface area contributed by atoms with Crippen molar-refractivity contribution in [2.24, 2.45) is 0 Å². The molecule has 1 atom stereocenters. The van der Waals surface area contributed by atoms with Crippen LogP contribution < -0.4 is 5.32 Å². The Morgan fingerprint density at radius 2 is 2.20 bits per heavy atom. The maximum Gasteiger partial charge on any atom is 0.320 e. The van der Waals surface area contributed by atoms with Gasteiger partial charge in [0.05, 0.1) is 6.10 Å². The summed E-state index contributed by atoms with van der Waals surface area (Å²) in [7, 11) is 0. The number of hydrogen-bond donors (Lipinski definition) is 2. The van der Waals surface area contributed by atoms with Crippen LogP contribution in [0.3, 0.4) is 0 Å². The van der Waals surface area contributed by atoms with Gasteiger partial charge in [-0.25, -0.2) is 0 Å². The highest BCUT2D eigenvalue weighted by Crippen LogP contribution is 2.21. The van der Waals surface area contributed by atoms with Crippen LogP contribution in [-0.2, 0) is 9.53 Å². The summed E-state index contributed by atoms with van der Waals surface area (Å²) in [5.74, 6) is -0.791. The van der Waals surface area contributed by atoms with Gasteiger partial charge in [-0.3, -0.25) is 4.79 Å². The number of carbonyl (C=O) groups is 1. The van der Waals surface area contributed by atoms with Gasteiger partial charge < -0.3 is 15.2 Å². The van der Waals surface area contributed by atoms with E-state index in [2.05, 4.69) is 5.32 Å². The number of carboxylic acids is 1. The third kappa shape index (κ3) is 4.62. The van der Waals surface area contributed by atoms with Gasteiger partial charge in [-0.05, 0) is 25.7 Å². The summed E-state index contributed by atoms with van der Waals surface area (Å²) in [5.41, 5.74) is 0. The molecule has 1 unspecified atom stereocenters. The standard InChI is InChI=1S/C11H21NO3/c1-8(2)12-10(11(13)14)6-7-15-9-4-3-5-9/h8-10,12H,3-7H2,1-2H3,(H,13,14). The summed E-state index contributed by atoms with van der Waals surface area (Å²) in [6.45, 7) is 4.44. The first kappa shape index (κ1) is 12.5. The van der Waals surface area contributed by atoms with Gasteiger partial charge in [0.2, 0.25) is 0 Å². The molecule has 0 heterocycles. The third-order valence-electron chi connectivity index (χ3n) is 2.64. The highest BCUT2D eigenvalue weighted by atomic mass is 16.5. The minimum absolute atomic E-state index is 0.190. The van der Waals surface area contributed by atoms with Crippen molar-refractivity contribution in [3.8, 4) is 0 Å². The Morgan fingerprint density at radius 3 is 2.60 bits per heavy atom. The van der Waals surface area contributed by atoms with E-state index in [4.69, 9.17) is 9.84 Å². The monoisotopic (exact) mass is 215 g/mol. The molecular formula is C11H21NO3. The lowest BCUT2D eigenvalue weighted by molar-refractivity contribution is -0.140. The normalized spacial score (nSPS) is 18.9. The molecule has 1 rings (SSSR count). The highest BCUT2D eigenvalue weighted by molar-refractivity contribution is 5.73. The first-order chi connectivity index (χ1) is 7.09. The van der Waals surface area contributed by atoms with Gasteiger partial charge in [0, 0.05) is 12.6 Å². The molecule has 0 bridgehead atoms. The van der Waals surface area contributed by atoms with Gasteiger partial charge in [0.15, 0.2) is 0 Å². The Balaban J connectivity index is 2.15. The number of rotatable bonds is 7. The lowest BCUT2D eigenvalue weighted by Crippen LogP contribution is -2.41. The van der Waals surface area contributed by atoms with Gasteiger partial charge in [-0.15, -0.1) is 0 Å². The molecule has 15 heavy (non-hydrogen) atoms. The summed E-state index contributed by atoms with van der Waals surface area (Å²) in [4.78, 5) is 10.9. The average Bonchev–Trinajstić information content (AvgIpc) is 2.06. The van der Waals surface area contributed by atoms with Crippen molar-refractivity contribution in [2.45, 2.75) is 57.7 Å². The predicted octanol–water partition coefficient (Wildman–Crippen LogP) is 1.40. The van der Waals surface area contributed by atoms with Crippen molar-refractivity contribution in [1.82, 2.24) is 5.32 Å². The maximum atomic E-state index is 10.9. The SMILES string of the molecule is CC(C)NC(CCOC1CCC1)C(=O)O. The smallest absolute Gasteiger partial charge is 0.320 e. The number of carboxylic acid groups (broad SMARTS) is 1. The highest BCUT2D eigenvalue weighted by Gasteiger charge is 2.21. The molecule has 88 valence electrons. The molecule has 2 N–H and O–H groups in total. The minimum atomic E-state index is -0.791. The van der Waals surface area contributed by atoms with Crippen LogP contribution in [0, 0.1) is 0 Å². The van der Waals surface area contributed by atoms with E-state index in [-0.39, 0.29) is 6.04 Å². The van der Waals surface area contributed by atoms with E-state index in [1.165, 1.54) is 6.42 Å².